The Morgan fingerprint density at radius 1 is 0.682 bits per heavy atom. The summed E-state index contributed by atoms with van der Waals surface area (Å²) < 4.78 is 0. The predicted octanol–water partition coefficient (Wildman–Crippen LogP) is 2.35. The van der Waals surface area contributed by atoms with Crippen molar-refractivity contribution in [3.8, 4) is 0 Å². The van der Waals surface area contributed by atoms with Crippen molar-refractivity contribution in [2.45, 2.75) is 13.8 Å². The smallest absolute Gasteiger partial charge is 0.159 e. The number of benzene rings is 2. The number of rotatable bonds is 4. The maximum absolute atomic E-state index is 10.8. The number of nitrogens with two attached hydrogens (primary N) is 2. The molecule has 0 aromatic heterocycles. The molecule has 0 heterocycles. The highest BCUT2D eigenvalue weighted by molar-refractivity contribution is 5.94. The first-order valence-electron chi connectivity index (χ1n) is 6.63. The zero-order valence-corrected chi connectivity index (χ0v) is 12.6. The quantitative estimate of drug-likeness (QED) is 0.392. The summed E-state index contributed by atoms with van der Waals surface area (Å²) in [6.45, 7) is 3.07. The zero-order chi connectivity index (χ0) is 16.5. The van der Waals surface area contributed by atoms with Gasteiger partial charge < -0.3 is 10.9 Å². The van der Waals surface area contributed by atoms with E-state index in [1.54, 1.807) is 48.5 Å². The van der Waals surface area contributed by atoms with Crippen molar-refractivity contribution in [2.75, 3.05) is 10.9 Å². The minimum absolute atomic E-state index is 0.0635. The number of Topliss-reactive ketones (excluding diaryl/α,β-unsaturated/α-hetero) is 2. The van der Waals surface area contributed by atoms with Crippen molar-refractivity contribution in [3.63, 3.8) is 0 Å². The van der Waals surface area contributed by atoms with Gasteiger partial charge in [-0.1, -0.05) is 0 Å². The topological polar surface area (TPSA) is 110 Å². The van der Waals surface area contributed by atoms with Crippen LogP contribution in [0.15, 0.2) is 48.5 Å². The van der Waals surface area contributed by atoms with E-state index in [9.17, 15) is 9.59 Å². The van der Waals surface area contributed by atoms with Gasteiger partial charge in [-0.2, -0.15) is 0 Å². The molecule has 0 fully saturated rings. The summed E-state index contributed by atoms with van der Waals surface area (Å²) in [6.07, 6.45) is 0. The van der Waals surface area contributed by atoms with Gasteiger partial charge in [0.25, 0.3) is 0 Å². The lowest BCUT2D eigenvalue weighted by molar-refractivity contribution is 0.100. The molecule has 2 aromatic rings. The van der Waals surface area contributed by atoms with E-state index in [1.807, 2.05) is 0 Å². The fraction of sp³-hybridized carbons (Fsp3) is 0.125. The Labute approximate surface area is 129 Å². The Balaban J connectivity index is 0.000000220. The number of anilines is 2. The lowest BCUT2D eigenvalue weighted by atomic mass is 10.1. The molecule has 0 aliphatic carbocycles. The van der Waals surface area contributed by atoms with Crippen LogP contribution in [-0.2, 0) is 0 Å². The van der Waals surface area contributed by atoms with Crippen molar-refractivity contribution in [3.05, 3.63) is 59.7 Å². The molecular formula is C16H20N4O2. The second-order valence-corrected chi connectivity index (χ2v) is 4.56. The molecule has 6 heteroatoms. The minimum Gasteiger partial charge on any atom is -0.324 e. The fourth-order valence-electron chi connectivity index (χ4n) is 1.60. The maximum Gasteiger partial charge on any atom is 0.159 e. The summed E-state index contributed by atoms with van der Waals surface area (Å²) in [5.41, 5.74) is 7.96. The van der Waals surface area contributed by atoms with Crippen molar-refractivity contribution < 1.29 is 9.59 Å². The van der Waals surface area contributed by atoms with E-state index in [0.717, 1.165) is 11.4 Å². The summed E-state index contributed by atoms with van der Waals surface area (Å²) in [7, 11) is 0. The van der Waals surface area contributed by atoms with Crippen LogP contribution in [0.3, 0.4) is 0 Å². The highest BCUT2D eigenvalue weighted by atomic mass is 16.1. The molecule has 6 nitrogen and oxygen atoms in total. The van der Waals surface area contributed by atoms with Gasteiger partial charge in [0, 0.05) is 22.5 Å². The summed E-state index contributed by atoms with van der Waals surface area (Å²) >= 11 is 0. The van der Waals surface area contributed by atoms with Crippen LogP contribution in [-0.4, -0.2) is 11.6 Å². The molecule has 2 aromatic carbocycles. The molecule has 0 unspecified atom stereocenters. The third-order valence-electron chi connectivity index (χ3n) is 2.92. The van der Waals surface area contributed by atoms with Gasteiger partial charge >= 0.3 is 0 Å². The van der Waals surface area contributed by atoms with Crippen molar-refractivity contribution in [1.29, 1.82) is 0 Å². The Kier molecular flexibility index (Phi) is 6.75. The Morgan fingerprint density at radius 3 is 1.14 bits per heavy atom. The largest absolute Gasteiger partial charge is 0.324 e. The number of nitrogens with one attached hydrogen (secondary N) is 2. The zero-order valence-electron chi connectivity index (χ0n) is 12.6. The molecule has 2 rings (SSSR count). The molecule has 0 atom stereocenters. The minimum atomic E-state index is 0.0635. The van der Waals surface area contributed by atoms with Crippen LogP contribution in [0, 0.1) is 0 Å². The summed E-state index contributed by atoms with van der Waals surface area (Å²) in [4.78, 5) is 21.6. The Morgan fingerprint density at radius 2 is 0.955 bits per heavy atom. The van der Waals surface area contributed by atoms with Crippen molar-refractivity contribution in [2.24, 2.45) is 11.7 Å². The number of carbonyl (C=O) groups excluding carboxylic acids is 2. The van der Waals surface area contributed by atoms with E-state index in [2.05, 4.69) is 10.9 Å². The van der Waals surface area contributed by atoms with Gasteiger partial charge in [0.05, 0.1) is 0 Å². The van der Waals surface area contributed by atoms with E-state index in [1.165, 1.54) is 13.8 Å². The molecule has 0 amide bonds. The van der Waals surface area contributed by atoms with Crippen molar-refractivity contribution >= 4 is 22.9 Å². The number of hydrogen-bond acceptors (Lipinski definition) is 6. The van der Waals surface area contributed by atoms with Gasteiger partial charge in [-0.25, -0.2) is 0 Å². The number of ketones is 2. The molecule has 0 aliphatic heterocycles. The van der Waals surface area contributed by atoms with Crippen LogP contribution < -0.4 is 22.5 Å². The van der Waals surface area contributed by atoms with Crippen LogP contribution >= 0.6 is 0 Å². The summed E-state index contributed by atoms with van der Waals surface area (Å²) in [6, 6.07) is 14.0. The lowest BCUT2D eigenvalue weighted by Crippen LogP contribution is -2.06. The van der Waals surface area contributed by atoms with Gasteiger partial charge in [-0.05, 0) is 62.4 Å². The van der Waals surface area contributed by atoms with E-state index in [4.69, 9.17) is 11.7 Å². The fourth-order valence-corrected chi connectivity index (χ4v) is 1.60. The molecule has 0 bridgehead atoms. The summed E-state index contributed by atoms with van der Waals surface area (Å²) in [5.74, 6) is 10.4. The third-order valence-corrected chi connectivity index (χ3v) is 2.92. The number of nitrogen functional groups attached to an aromatic ring is 2. The average Bonchev–Trinajstić information content (AvgIpc) is 2.55. The second kappa shape index (κ2) is 8.56. The van der Waals surface area contributed by atoms with E-state index < -0.39 is 0 Å². The first-order chi connectivity index (χ1) is 10.5. The SMILES string of the molecule is CC(=O)c1ccc(NN)cc1.CC(=O)c1ccc(NN)cc1. The third kappa shape index (κ3) is 5.35. The van der Waals surface area contributed by atoms with Gasteiger partial charge in [0.1, 0.15) is 0 Å². The molecule has 0 saturated heterocycles. The monoisotopic (exact) mass is 300 g/mol. The van der Waals surface area contributed by atoms with Crippen LogP contribution in [0.4, 0.5) is 11.4 Å². The Hall–Kier alpha value is -2.70. The van der Waals surface area contributed by atoms with Gasteiger partial charge in [-0.15, -0.1) is 0 Å². The predicted molar refractivity (Wildman–Crippen MR) is 88.5 cm³/mol. The van der Waals surface area contributed by atoms with Gasteiger partial charge in [-0.3, -0.25) is 21.3 Å². The van der Waals surface area contributed by atoms with Crippen LogP contribution in [0.2, 0.25) is 0 Å². The van der Waals surface area contributed by atoms with Crippen molar-refractivity contribution in [1.82, 2.24) is 0 Å². The first-order valence-corrected chi connectivity index (χ1v) is 6.63. The molecular weight excluding hydrogens is 280 g/mol. The van der Waals surface area contributed by atoms with Crippen LogP contribution in [0.5, 0.6) is 0 Å². The standard InChI is InChI=1S/2C8H10N2O/c2*1-6(11)7-2-4-8(10-9)5-3-7/h2*2-5,10H,9H2,1H3. The van der Waals surface area contributed by atoms with E-state index >= 15 is 0 Å². The normalized spacial score (nSPS) is 9.27. The molecule has 0 saturated carbocycles. The Bertz CT molecular complexity index is 564. The average molecular weight is 300 g/mol. The number of hydrazine groups is 2. The molecule has 0 spiro atoms. The highest BCUT2D eigenvalue weighted by Crippen LogP contribution is 2.08. The molecule has 116 valence electrons. The first kappa shape index (κ1) is 17.4. The van der Waals surface area contributed by atoms with E-state index in [0.29, 0.717) is 11.1 Å². The van der Waals surface area contributed by atoms with Gasteiger partial charge in [0.2, 0.25) is 0 Å². The lowest BCUT2D eigenvalue weighted by Gasteiger charge is -1.99. The summed E-state index contributed by atoms with van der Waals surface area (Å²) in [5, 5.41) is 0. The van der Waals surface area contributed by atoms with Crippen LogP contribution in [0.25, 0.3) is 0 Å². The number of carbonyl (C=O) groups is 2. The molecule has 0 radical (unpaired) electrons. The molecule has 22 heavy (non-hydrogen) atoms. The van der Waals surface area contributed by atoms with Gasteiger partial charge in [0.15, 0.2) is 11.6 Å². The highest BCUT2D eigenvalue weighted by Gasteiger charge is 1.97. The van der Waals surface area contributed by atoms with Crippen LogP contribution in [0.1, 0.15) is 34.6 Å². The molecule has 6 N–H and O–H groups in total. The van der Waals surface area contributed by atoms with E-state index in [-0.39, 0.29) is 11.6 Å². The number of hydrogen-bond donors (Lipinski definition) is 4. The maximum atomic E-state index is 10.8. The molecule has 0 aliphatic rings. The second-order valence-electron chi connectivity index (χ2n) is 4.56.